The van der Waals surface area contributed by atoms with Crippen LogP contribution in [-0.2, 0) is 6.42 Å². The van der Waals surface area contributed by atoms with Crippen molar-refractivity contribution >= 4 is 6.03 Å². The lowest BCUT2D eigenvalue weighted by molar-refractivity contribution is -0.0584. The largest absolute Gasteiger partial charge is 0.423 e. The van der Waals surface area contributed by atoms with Gasteiger partial charge in [0.25, 0.3) is 0 Å². The summed E-state index contributed by atoms with van der Waals surface area (Å²) in [6.45, 7) is 0.541. The van der Waals surface area contributed by atoms with Gasteiger partial charge >= 0.3 is 6.03 Å². The van der Waals surface area contributed by atoms with E-state index < -0.39 is 0 Å². The number of urea groups is 1. The fraction of sp³-hybridized carbons (Fsp3) is 0.842. The molecule has 0 spiro atoms. The van der Waals surface area contributed by atoms with Gasteiger partial charge in [-0.15, -0.1) is 10.2 Å². The van der Waals surface area contributed by atoms with Crippen LogP contribution in [0.4, 0.5) is 4.79 Å². The lowest BCUT2D eigenvalue weighted by Gasteiger charge is -2.27. The summed E-state index contributed by atoms with van der Waals surface area (Å²) in [5.41, 5.74) is 0. The van der Waals surface area contributed by atoms with Gasteiger partial charge in [-0.2, -0.15) is 0 Å². The summed E-state index contributed by atoms with van der Waals surface area (Å²) < 4.78 is 5.84. The molecule has 1 aromatic rings. The number of aryl methyl sites for hydroxylation is 1. The number of carbonyl (C=O) groups is 1. The van der Waals surface area contributed by atoms with E-state index in [0.29, 0.717) is 18.3 Å². The van der Waals surface area contributed by atoms with E-state index in [9.17, 15) is 10.0 Å². The van der Waals surface area contributed by atoms with Gasteiger partial charge in [0, 0.05) is 13.0 Å². The Balaban J connectivity index is 1.21. The molecule has 0 unspecified atom stereocenters. The number of nitrogens with zero attached hydrogens (tertiary/aromatic N) is 4. The summed E-state index contributed by atoms with van der Waals surface area (Å²) in [4.78, 5) is 13.7. The average Bonchev–Trinajstić information content (AvgIpc) is 3.23. The summed E-state index contributed by atoms with van der Waals surface area (Å²) >= 11 is 0. The van der Waals surface area contributed by atoms with E-state index in [1.165, 1.54) is 51.4 Å². The van der Waals surface area contributed by atoms with Crippen LogP contribution in [0.3, 0.4) is 0 Å². The van der Waals surface area contributed by atoms with Gasteiger partial charge in [0.05, 0.1) is 6.04 Å². The normalized spacial score (nSPS) is 26.7. The molecule has 2 amide bonds. The minimum Gasteiger partial charge on any atom is -0.423 e. The number of aromatic nitrogens is 2. The Morgan fingerprint density at radius 3 is 2.73 bits per heavy atom. The number of hydrogen-bond acceptors (Lipinski definition) is 5. The number of fused-ring (bicyclic) bond motifs is 2. The van der Waals surface area contributed by atoms with Gasteiger partial charge in [-0.05, 0) is 25.2 Å². The molecular weight excluding hydrogens is 332 g/mol. The van der Waals surface area contributed by atoms with Crippen molar-refractivity contribution in [3.05, 3.63) is 11.8 Å². The molecule has 1 aliphatic carbocycles. The van der Waals surface area contributed by atoms with E-state index in [4.69, 9.17) is 4.42 Å². The van der Waals surface area contributed by atoms with Gasteiger partial charge in [-0.25, -0.2) is 9.86 Å². The molecule has 3 fully saturated rings. The van der Waals surface area contributed by atoms with Gasteiger partial charge in [-0.3, -0.25) is 5.21 Å². The summed E-state index contributed by atoms with van der Waals surface area (Å²) in [5.74, 6) is 2.15. The highest BCUT2D eigenvalue weighted by Gasteiger charge is 2.46. The first kappa shape index (κ1) is 17.8. The Labute approximate surface area is 154 Å². The third-order valence-electron chi connectivity index (χ3n) is 6.34. The van der Waals surface area contributed by atoms with Crippen molar-refractivity contribution < 1.29 is 14.4 Å². The maximum atomic E-state index is 12.1. The second-order valence-corrected chi connectivity index (χ2v) is 8.16. The third-order valence-corrected chi connectivity index (χ3v) is 6.34. The predicted molar refractivity (Wildman–Crippen MR) is 94.5 cm³/mol. The molecule has 3 aliphatic rings. The number of carbonyl (C=O) groups excluding carboxylic acids is 1. The maximum Gasteiger partial charge on any atom is 0.344 e. The van der Waals surface area contributed by atoms with Crippen molar-refractivity contribution in [2.45, 2.75) is 89.1 Å². The van der Waals surface area contributed by atoms with Crippen LogP contribution in [0.2, 0.25) is 0 Å². The number of hydrogen-bond donors (Lipinski definition) is 1. The molecule has 7 heteroatoms. The van der Waals surface area contributed by atoms with Crippen LogP contribution in [0, 0.1) is 5.92 Å². The van der Waals surface area contributed by atoms with Crippen molar-refractivity contribution in [2.75, 3.05) is 6.54 Å². The monoisotopic (exact) mass is 362 g/mol. The molecule has 144 valence electrons. The van der Waals surface area contributed by atoms with Gasteiger partial charge in [-0.1, -0.05) is 51.4 Å². The van der Waals surface area contributed by atoms with Crippen LogP contribution < -0.4 is 0 Å². The standard InChI is InChI=1S/C19H30N4O3/c24-19-22-13-15(23(19)25)11-12-16(22)18-21-20-17(26-18)10-6-2-5-9-14-7-3-1-4-8-14/h14-16,25H,1-13H2/t15-,16+/m1/s1. The van der Waals surface area contributed by atoms with E-state index in [1.807, 2.05) is 0 Å². The summed E-state index contributed by atoms with van der Waals surface area (Å²) in [6.07, 6.45) is 14.4. The molecule has 26 heavy (non-hydrogen) atoms. The highest BCUT2D eigenvalue weighted by molar-refractivity contribution is 5.76. The van der Waals surface area contributed by atoms with Crippen LogP contribution in [-0.4, -0.2) is 44.0 Å². The second-order valence-electron chi connectivity index (χ2n) is 8.16. The molecule has 4 rings (SSSR count). The zero-order valence-electron chi connectivity index (χ0n) is 15.5. The molecule has 2 atom stereocenters. The summed E-state index contributed by atoms with van der Waals surface area (Å²) in [6, 6.07) is -0.631. The summed E-state index contributed by atoms with van der Waals surface area (Å²) in [5, 5.41) is 19.0. The molecule has 1 aromatic heterocycles. The number of hydroxylamine groups is 2. The van der Waals surface area contributed by atoms with E-state index in [2.05, 4.69) is 10.2 Å². The van der Waals surface area contributed by atoms with Crippen LogP contribution >= 0.6 is 0 Å². The minimum atomic E-state index is -0.347. The first-order valence-electron chi connectivity index (χ1n) is 10.3. The first-order valence-corrected chi connectivity index (χ1v) is 10.3. The molecule has 2 saturated heterocycles. The molecule has 3 heterocycles. The highest BCUT2D eigenvalue weighted by atomic mass is 16.5. The number of rotatable bonds is 7. The molecule has 0 aromatic carbocycles. The van der Waals surface area contributed by atoms with Crippen LogP contribution in [0.25, 0.3) is 0 Å². The molecule has 2 bridgehead atoms. The average molecular weight is 362 g/mol. The van der Waals surface area contributed by atoms with Gasteiger partial charge < -0.3 is 9.32 Å². The lowest BCUT2D eigenvalue weighted by atomic mass is 9.85. The first-order chi connectivity index (χ1) is 12.7. The smallest absolute Gasteiger partial charge is 0.344 e. The minimum absolute atomic E-state index is 0.0923. The molecule has 2 aliphatic heterocycles. The van der Waals surface area contributed by atoms with Crippen molar-refractivity contribution in [1.82, 2.24) is 20.2 Å². The molecule has 0 radical (unpaired) electrons. The fourth-order valence-corrected chi connectivity index (χ4v) is 4.77. The quantitative estimate of drug-likeness (QED) is 0.584. The van der Waals surface area contributed by atoms with Crippen LogP contribution in [0.1, 0.15) is 88.5 Å². The van der Waals surface area contributed by atoms with Gasteiger partial charge in [0.2, 0.25) is 11.8 Å². The number of piperidine rings is 1. The summed E-state index contributed by atoms with van der Waals surface area (Å²) in [7, 11) is 0. The van der Waals surface area contributed by atoms with Crippen molar-refractivity contribution in [3.8, 4) is 0 Å². The van der Waals surface area contributed by atoms with Gasteiger partial charge in [0.1, 0.15) is 6.04 Å². The Morgan fingerprint density at radius 2 is 1.88 bits per heavy atom. The Morgan fingerprint density at radius 1 is 1.04 bits per heavy atom. The third kappa shape index (κ3) is 3.72. The highest BCUT2D eigenvalue weighted by Crippen LogP contribution is 2.37. The molecule has 1 N–H and O–H groups in total. The second kappa shape index (κ2) is 7.94. The van der Waals surface area contributed by atoms with Crippen LogP contribution in [0.15, 0.2) is 4.42 Å². The predicted octanol–water partition coefficient (Wildman–Crippen LogP) is 4.08. The Kier molecular flexibility index (Phi) is 5.43. The Bertz CT molecular complexity index is 614. The van der Waals surface area contributed by atoms with E-state index in [1.54, 1.807) is 4.90 Å². The lowest BCUT2D eigenvalue weighted by Crippen LogP contribution is -2.34. The fourth-order valence-electron chi connectivity index (χ4n) is 4.77. The SMILES string of the molecule is O=C1N(O)[C@@H]2CC[C@@H](c3nnc(CCCCCC4CCCCC4)o3)N1C2. The van der Waals surface area contributed by atoms with Crippen molar-refractivity contribution in [3.63, 3.8) is 0 Å². The number of unbranched alkanes of at least 4 members (excludes halogenated alkanes) is 2. The zero-order valence-corrected chi connectivity index (χ0v) is 15.5. The zero-order chi connectivity index (χ0) is 17.9. The Hall–Kier alpha value is -1.63. The van der Waals surface area contributed by atoms with E-state index >= 15 is 0 Å². The van der Waals surface area contributed by atoms with E-state index in [-0.39, 0.29) is 18.1 Å². The van der Waals surface area contributed by atoms with Crippen molar-refractivity contribution in [1.29, 1.82) is 0 Å². The topological polar surface area (TPSA) is 82.7 Å². The molecule has 7 nitrogen and oxygen atoms in total. The van der Waals surface area contributed by atoms with E-state index in [0.717, 1.165) is 36.7 Å². The molecular formula is C19H30N4O3. The maximum absolute atomic E-state index is 12.1. The van der Waals surface area contributed by atoms with Crippen LogP contribution in [0.5, 0.6) is 0 Å². The van der Waals surface area contributed by atoms with Crippen molar-refractivity contribution in [2.24, 2.45) is 5.92 Å². The van der Waals surface area contributed by atoms with Gasteiger partial charge in [0.15, 0.2) is 0 Å². The number of amides is 2. The molecule has 1 saturated carbocycles.